The molecule has 1 aliphatic heterocycles. The maximum absolute atomic E-state index is 12.5. The monoisotopic (exact) mass is 304 g/mol. The van der Waals surface area contributed by atoms with Crippen molar-refractivity contribution in [3.8, 4) is 0 Å². The average Bonchev–Trinajstić information content (AvgIpc) is 3.19. The van der Waals surface area contributed by atoms with Gasteiger partial charge >= 0.3 is 0 Å². The molecule has 110 valence electrons. The van der Waals surface area contributed by atoms with E-state index in [1.807, 2.05) is 11.4 Å². The predicted molar refractivity (Wildman–Crippen MR) is 80.2 cm³/mol. The van der Waals surface area contributed by atoms with Crippen molar-refractivity contribution < 1.29 is 9.59 Å². The van der Waals surface area contributed by atoms with Crippen molar-refractivity contribution in [3.05, 3.63) is 34.8 Å². The Labute approximate surface area is 126 Å². The first-order valence-electron chi connectivity index (χ1n) is 6.90. The van der Waals surface area contributed by atoms with Crippen LogP contribution in [0.3, 0.4) is 0 Å². The molecule has 2 amide bonds. The van der Waals surface area contributed by atoms with Crippen LogP contribution in [0, 0.1) is 0 Å². The van der Waals surface area contributed by atoms with Crippen molar-refractivity contribution in [3.63, 3.8) is 0 Å². The van der Waals surface area contributed by atoms with Crippen LogP contribution in [-0.2, 0) is 4.79 Å². The Morgan fingerprint density at radius 1 is 1.43 bits per heavy atom. The number of carbonyl (C=O) groups is 2. The Balaban J connectivity index is 1.75. The lowest BCUT2D eigenvalue weighted by atomic mass is 10.0. The second-order valence-electron chi connectivity index (χ2n) is 4.96. The standard InChI is InChI=1S/C14H16N4O2S/c19-13(17-10-8-15-16-9-10)11-4-1-2-6-18(11)14(20)12-5-3-7-21-12/h3,5,7-9,11H,1-2,4,6H2,(H,15,16)(H,17,19). The third-order valence-corrected chi connectivity index (χ3v) is 4.42. The normalized spacial score (nSPS) is 18.5. The first-order valence-corrected chi connectivity index (χ1v) is 7.78. The van der Waals surface area contributed by atoms with Crippen molar-refractivity contribution in [1.82, 2.24) is 15.1 Å². The van der Waals surface area contributed by atoms with Gasteiger partial charge in [0, 0.05) is 12.7 Å². The molecule has 3 heterocycles. The molecular formula is C14H16N4O2S. The number of amides is 2. The van der Waals surface area contributed by atoms with Crippen molar-refractivity contribution in [2.75, 3.05) is 11.9 Å². The van der Waals surface area contributed by atoms with E-state index in [1.165, 1.54) is 11.3 Å². The molecule has 2 aromatic rings. The number of carbonyl (C=O) groups excluding carboxylic acids is 2. The van der Waals surface area contributed by atoms with E-state index in [0.717, 1.165) is 12.8 Å². The lowest BCUT2D eigenvalue weighted by Gasteiger charge is -2.34. The van der Waals surface area contributed by atoms with Gasteiger partial charge in [-0.3, -0.25) is 14.7 Å². The number of hydrogen-bond donors (Lipinski definition) is 2. The molecule has 0 saturated carbocycles. The molecule has 2 N–H and O–H groups in total. The van der Waals surface area contributed by atoms with Crippen LogP contribution in [-0.4, -0.2) is 39.5 Å². The van der Waals surface area contributed by atoms with Gasteiger partial charge in [0.25, 0.3) is 5.91 Å². The number of aromatic amines is 1. The zero-order valence-corrected chi connectivity index (χ0v) is 12.2. The van der Waals surface area contributed by atoms with Gasteiger partial charge in [-0.2, -0.15) is 5.10 Å². The van der Waals surface area contributed by atoms with Crippen LogP contribution in [0.5, 0.6) is 0 Å². The fraction of sp³-hybridized carbons (Fsp3) is 0.357. The molecule has 3 rings (SSSR count). The topological polar surface area (TPSA) is 78.1 Å². The number of anilines is 1. The predicted octanol–water partition coefficient (Wildman–Crippen LogP) is 2.10. The van der Waals surface area contributed by atoms with E-state index in [0.29, 0.717) is 23.5 Å². The van der Waals surface area contributed by atoms with Crippen LogP contribution in [0.2, 0.25) is 0 Å². The number of H-pyrrole nitrogens is 1. The smallest absolute Gasteiger partial charge is 0.264 e. The lowest BCUT2D eigenvalue weighted by Crippen LogP contribution is -2.49. The van der Waals surface area contributed by atoms with Gasteiger partial charge in [0.2, 0.25) is 5.91 Å². The summed E-state index contributed by atoms with van der Waals surface area (Å²) < 4.78 is 0. The van der Waals surface area contributed by atoms with Crippen LogP contribution >= 0.6 is 11.3 Å². The highest BCUT2D eigenvalue weighted by Crippen LogP contribution is 2.22. The molecule has 0 aliphatic carbocycles. The minimum atomic E-state index is -0.414. The molecule has 21 heavy (non-hydrogen) atoms. The second-order valence-corrected chi connectivity index (χ2v) is 5.91. The summed E-state index contributed by atoms with van der Waals surface area (Å²) in [6.45, 7) is 0.625. The third-order valence-electron chi connectivity index (χ3n) is 3.56. The number of thiophene rings is 1. The van der Waals surface area contributed by atoms with Gasteiger partial charge < -0.3 is 10.2 Å². The third kappa shape index (κ3) is 2.97. The summed E-state index contributed by atoms with van der Waals surface area (Å²) in [4.78, 5) is 27.3. The van der Waals surface area contributed by atoms with E-state index in [-0.39, 0.29) is 11.8 Å². The molecule has 0 bridgehead atoms. The van der Waals surface area contributed by atoms with Crippen molar-refractivity contribution >= 4 is 28.8 Å². The van der Waals surface area contributed by atoms with E-state index < -0.39 is 6.04 Å². The van der Waals surface area contributed by atoms with E-state index in [4.69, 9.17) is 0 Å². The van der Waals surface area contributed by atoms with E-state index >= 15 is 0 Å². The van der Waals surface area contributed by atoms with Crippen molar-refractivity contribution in [2.45, 2.75) is 25.3 Å². The Bertz CT molecular complexity index is 609. The maximum atomic E-state index is 12.5. The molecular weight excluding hydrogens is 288 g/mol. The van der Waals surface area contributed by atoms with Gasteiger partial charge in [-0.05, 0) is 30.7 Å². The van der Waals surface area contributed by atoms with Crippen LogP contribution < -0.4 is 5.32 Å². The number of nitrogens with one attached hydrogen (secondary N) is 2. The minimum Gasteiger partial charge on any atom is -0.326 e. The van der Waals surface area contributed by atoms with Crippen molar-refractivity contribution in [2.24, 2.45) is 0 Å². The van der Waals surface area contributed by atoms with Gasteiger partial charge in [-0.25, -0.2) is 0 Å². The summed E-state index contributed by atoms with van der Waals surface area (Å²) in [6.07, 6.45) is 5.75. The zero-order chi connectivity index (χ0) is 14.7. The molecule has 1 aliphatic rings. The first-order chi connectivity index (χ1) is 10.3. The number of rotatable bonds is 3. The fourth-order valence-corrected chi connectivity index (χ4v) is 3.21. The molecule has 7 heteroatoms. The van der Waals surface area contributed by atoms with E-state index in [9.17, 15) is 9.59 Å². The largest absolute Gasteiger partial charge is 0.326 e. The highest BCUT2D eigenvalue weighted by molar-refractivity contribution is 7.12. The van der Waals surface area contributed by atoms with Crippen molar-refractivity contribution in [1.29, 1.82) is 0 Å². The summed E-state index contributed by atoms with van der Waals surface area (Å²) in [5.74, 6) is -0.210. The van der Waals surface area contributed by atoms with Gasteiger partial charge in [0.1, 0.15) is 6.04 Å². The van der Waals surface area contributed by atoms with Crippen LogP contribution in [0.25, 0.3) is 0 Å². The molecule has 6 nitrogen and oxygen atoms in total. The Kier molecular flexibility index (Phi) is 4.01. The van der Waals surface area contributed by atoms with Gasteiger partial charge in [-0.1, -0.05) is 6.07 Å². The fourth-order valence-electron chi connectivity index (χ4n) is 2.53. The highest BCUT2D eigenvalue weighted by Gasteiger charge is 2.33. The summed E-state index contributed by atoms with van der Waals surface area (Å²) in [5.41, 5.74) is 0.620. The minimum absolute atomic E-state index is 0.0583. The maximum Gasteiger partial charge on any atom is 0.264 e. The van der Waals surface area contributed by atoms with Crippen LogP contribution in [0.15, 0.2) is 29.9 Å². The van der Waals surface area contributed by atoms with Crippen LogP contribution in [0.4, 0.5) is 5.69 Å². The number of piperidine rings is 1. The number of likely N-dealkylation sites (tertiary alicyclic amines) is 1. The average molecular weight is 304 g/mol. The molecule has 1 saturated heterocycles. The number of hydrogen-bond acceptors (Lipinski definition) is 4. The Morgan fingerprint density at radius 3 is 3.05 bits per heavy atom. The molecule has 0 spiro atoms. The molecule has 0 radical (unpaired) electrons. The second kappa shape index (κ2) is 6.09. The summed E-state index contributed by atoms with van der Waals surface area (Å²) in [6, 6.07) is 3.23. The Morgan fingerprint density at radius 2 is 2.33 bits per heavy atom. The Hall–Kier alpha value is -2.15. The van der Waals surface area contributed by atoms with Crippen LogP contribution in [0.1, 0.15) is 28.9 Å². The summed E-state index contributed by atoms with van der Waals surface area (Å²) >= 11 is 1.41. The molecule has 0 aromatic carbocycles. The van der Waals surface area contributed by atoms with E-state index in [1.54, 1.807) is 23.4 Å². The lowest BCUT2D eigenvalue weighted by molar-refractivity contribution is -0.121. The highest BCUT2D eigenvalue weighted by atomic mass is 32.1. The SMILES string of the molecule is O=C(Nc1cn[nH]c1)C1CCCCN1C(=O)c1cccs1. The summed E-state index contributed by atoms with van der Waals surface area (Å²) in [7, 11) is 0. The summed E-state index contributed by atoms with van der Waals surface area (Å²) in [5, 5.41) is 11.1. The molecule has 1 fully saturated rings. The zero-order valence-electron chi connectivity index (χ0n) is 11.4. The van der Waals surface area contributed by atoms with Gasteiger partial charge in [0.05, 0.1) is 16.8 Å². The van der Waals surface area contributed by atoms with Gasteiger partial charge in [0.15, 0.2) is 0 Å². The molecule has 1 atom stereocenters. The number of nitrogens with zero attached hydrogens (tertiary/aromatic N) is 2. The number of aromatic nitrogens is 2. The van der Waals surface area contributed by atoms with E-state index in [2.05, 4.69) is 15.5 Å². The van der Waals surface area contributed by atoms with Gasteiger partial charge in [-0.15, -0.1) is 11.3 Å². The molecule has 2 aromatic heterocycles. The first kappa shape index (κ1) is 13.8. The molecule has 1 unspecified atom stereocenters. The quantitative estimate of drug-likeness (QED) is 0.911.